The number of halogens is 2. The van der Waals surface area contributed by atoms with Crippen LogP contribution in [0.5, 0.6) is 0 Å². The molecule has 0 bridgehead atoms. The minimum Gasteiger partial charge on any atom is -0.328 e. The number of rotatable bonds is 6. The molecule has 4 aromatic rings. The van der Waals surface area contributed by atoms with E-state index in [1.165, 1.54) is 30.0 Å². The number of aromatic nitrogens is 3. The Hall–Kier alpha value is -3.98. The van der Waals surface area contributed by atoms with Gasteiger partial charge >= 0.3 is 0 Å². The molecule has 0 saturated carbocycles. The summed E-state index contributed by atoms with van der Waals surface area (Å²) in [6, 6.07) is 17.7. The lowest BCUT2D eigenvalue weighted by Gasteiger charge is -2.29. The summed E-state index contributed by atoms with van der Waals surface area (Å²) in [5, 5.41) is 11.3. The number of fused-ring (bicyclic) bond motifs is 1. The molecule has 188 valence electrons. The molecule has 0 radical (unpaired) electrons. The van der Waals surface area contributed by atoms with Gasteiger partial charge in [-0.15, -0.1) is 5.10 Å². The van der Waals surface area contributed by atoms with Crippen molar-refractivity contribution in [2.24, 2.45) is 0 Å². The fraction of sp³-hybridized carbons (Fsp3) is 0.179. The van der Waals surface area contributed by atoms with E-state index in [1.54, 1.807) is 41.9 Å². The largest absolute Gasteiger partial charge is 0.328 e. The Labute approximate surface area is 217 Å². The zero-order valence-electron chi connectivity index (χ0n) is 20.5. The van der Waals surface area contributed by atoms with E-state index in [0.717, 1.165) is 11.1 Å². The summed E-state index contributed by atoms with van der Waals surface area (Å²) in [6.07, 6.45) is 0. The topological polar surface area (TPSA) is 71.8 Å². The summed E-state index contributed by atoms with van der Waals surface area (Å²) >= 11 is 1.30. The molecule has 1 aliphatic heterocycles. The van der Waals surface area contributed by atoms with E-state index >= 15 is 0 Å². The summed E-state index contributed by atoms with van der Waals surface area (Å²) < 4.78 is 29.5. The number of thioether (sulfide) groups is 1. The lowest BCUT2D eigenvalue weighted by Crippen LogP contribution is -2.31. The molecule has 1 amide bonds. The number of nitrogens with zero attached hydrogens (tertiary/aromatic N) is 3. The molecule has 0 aliphatic carbocycles. The van der Waals surface area contributed by atoms with Crippen molar-refractivity contribution >= 4 is 29.3 Å². The number of carbonyl (C=O) groups is 1. The van der Waals surface area contributed by atoms with Crippen LogP contribution in [-0.2, 0) is 10.5 Å². The smallest absolute Gasteiger partial charge is 0.255 e. The molecule has 0 saturated heterocycles. The number of benzene rings is 3. The number of amides is 1. The van der Waals surface area contributed by atoms with Crippen molar-refractivity contribution in [3.05, 3.63) is 112 Å². The second-order valence-electron chi connectivity index (χ2n) is 8.86. The van der Waals surface area contributed by atoms with Gasteiger partial charge in [-0.3, -0.25) is 4.79 Å². The molecule has 2 heterocycles. The van der Waals surface area contributed by atoms with Crippen LogP contribution >= 0.6 is 11.8 Å². The summed E-state index contributed by atoms with van der Waals surface area (Å²) in [4.78, 5) is 18.2. The quantitative estimate of drug-likeness (QED) is 0.290. The molecule has 0 fully saturated rings. The number of hydrogen-bond acceptors (Lipinski definition) is 5. The Morgan fingerprint density at radius 2 is 1.78 bits per heavy atom. The summed E-state index contributed by atoms with van der Waals surface area (Å²) in [7, 11) is 0. The van der Waals surface area contributed by atoms with Crippen molar-refractivity contribution in [2.45, 2.75) is 37.7 Å². The van der Waals surface area contributed by atoms with Gasteiger partial charge in [-0.1, -0.05) is 54.2 Å². The zero-order chi connectivity index (χ0) is 26.1. The van der Waals surface area contributed by atoms with Gasteiger partial charge in [0, 0.05) is 17.1 Å². The lowest BCUT2D eigenvalue weighted by molar-refractivity contribution is -0.113. The monoisotopic (exact) mass is 517 g/mol. The third-order valence-electron chi connectivity index (χ3n) is 6.43. The van der Waals surface area contributed by atoms with Crippen LogP contribution in [0.1, 0.15) is 35.2 Å². The van der Waals surface area contributed by atoms with Gasteiger partial charge in [-0.2, -0.15) is 4.98 Å². The highest BCUT2D eigenvalue weighted by molar-refractivity contribution is 7.98. The molecular formula is C28H25F2N5OS. The first-order valence-corrected chi connectivity index (χ1v) is 12.7. The number of allylic oxidation sites excluding steroid dienone is 1. The van der Waals surface area contributed by atoms with Crippen LogP contribution in [0.2, 0.25) is 0 Å². The van der Waals surface area contributed by atoms with Crippen molar-refractivity contribution in [1.29, 1.82) is 0 Å². The van der Waals surface area contributed by atoms with Crippen LogP contribution in [0.25, 0.3) is 0 Å². The second kappa shape index (κ2) is 10.2. The van der Waals surface area contributed by atoms with Crippen LogP contribution in [0.3, 0.4) is 0 Å². The molecule has 0 spiro atoms. The highest BCUT2D eigenvalue weighted by Gasteiger charge is 2.34. The lowest BCUT2D eigenvalue weighted by atomic mass is 9.95. The predicted octanol–water partition coefficient (Wildman–Crippen LogP) is 6.39. The highest BCUT2D eigenvalue weighted by atomic mass is 32.2. The van der Waals surface area contributed by atoms with Crippen molar-refractivity contribution in [3.8, 4) is 0 Å². The molecule has 6 nitrogen and oxygen atoms in total. The summed E-state index contributed by atoms with van der Waals surface area (Å²) in [5.41, 5.74) is 5.04. The van der Waals surface area contributed by atoms with Crippen molar-refractivity contribution in [1.82, 2.24) is 14.8 Å². The molecule has 1 aliphatic rings. The number of nitrogens with one attached hydrogen (secondary N) is 2. The third-order valence-corrected chi connectivity index (χ3v) is 7.32. The van der Waals surface area contributed by atoms with Gasteiger partial charge in [0.15, 0.2) is 0 Å². The van der Waals surface area contributed by atoms with Crippen LogP contribution in [0.15, 0.2) is 83.2 Å². The molecule has 1 aromatic heterocycles. The third kappa shape index (κ3) is 4.99. The maximum absolute atomic E-state index is 14.1. The molecule has 5 rings (SSSR count). The first-order valence-electron chi connectivity index (χ1n) is 11.8. The fourth-order valence-corrected chi connectivity index (χ4v) is 5.09. The van der Waals surface area contributed by atoms with Crippen molar-refractivity contribution in [3.63, 3.8) is 0 Å². The van der Waals surface area contributed by atoms with Gasteiger partial charge in [-0.05, 0) is 67.3 Å². The number of carbonyl (C=O) groups excluding carboxylic acids is 1. The van der Waals surface area contributed by atoms with E-state index in [9.17, 15) is 13.6 Å². The molecule has 37 heavy (non-hydrogen) atoms. The summed E-state index contributed by atoms with van der Waals surface area (Å²) in [6.45, 7) is 5.75. The standard InChI is InChI=1S/C28H25F2N5OS/c1-16-7-6-10-23(17(16)2)32-26(36)24-18(3)31-27-33-28(37-15-20-8-4-5-9-22(20)30)34-35(27)25(24)19-11-13-21(29)14-12-19/h4-14,25H,15H2,1-3H3,(H,32,36)(H,31,33,34). The van der Waals surface area contributed by atoms with E-state index in [4.69, 9.17) is 0 Å². The molecular weight excluding hydrogens is 492 g/mol. The Morgan fingerprint density at radius 1 is 1.03 bits per heavy atom. The molecule has 2 N–H and O–H groups in total. The van der Waals surface area contributed by atoms with Crippen LogP contribution in [-0.4, -0.2) is 20.7 Å². The van der Waals surface area contributed by atoms with Gasteiger partial charge in [0.2, 0.25) is 11.1 Å². The van der Waals surface area contributed by atoms with E-state index in [2.05, 4.69) is 20.7 Å². The highest BCUT2D eigenvalue weighted by Crippen LogP contribution is 2.37. The Balaban J connectivity index is 1.50. The van der Waals surface area contributed by atoms with E-state index in [0.29, 0.717) is 44.9 Å². The Bertz CT molecular complexity index is 1510. The molecule has 1 unspecified atom stereocenters. The Kier molecular flexibility index (Phi) is 6.80. The van der Waals surface area contributed by atoms with Gasteiger partial charge in [0.1, 0.15) is 17.7 Å². The van der Waals surface area contributed by atoms with Gasteiger partial charge in [0.05, 0.1) is 5.57 Å². The average molecular weight is 518 g/mol. The van der Waals surface area contributed by atoms with Crippen LogP contribution < -0.4 is 10.6 Å². The average Bonchev–Trinajstić information content (AvgIpc) is 3.28. The minimum atomic E-state index is -0.641. The second-order valence-corrected chi connectivity index (χ2v) is 9.80. The normalized spacial score (nSPS) is 14.8. The first kappa shape index (κ1) is 24.7. The number of anilines is 2. The van der Waals surface area contributed by atoms with Gasteiger partial charge < -0.3 is 10.6 Å². The first-order chi connectivity index (χ1) is 17.8. The minimum absolute atomic E-state index is 0.288. The molecule has 1 atom stereocenters. The van der Waals surface area contributed by atoms with Gasteiger partial charge in [0.25, 0.3) is 5.91 Å². The number of hydrogen-bond donors (Lipinski definition) is 2. The fourth-order valence-electron chi connectivity index (χ4n) is 4.27. The van der Waals surface area contributed by atoms with Crippen LogP contribution in [0, 0.1) is 25.5 Å². The molecule has 3 aromatic carbocycles. The maximum atomic E-state index is 14.1. The van der Waals surface area contributed by atoms with Crippen molar-refractivity contribution < 1.29 is 13.6 Å². The maximum Gasteiger partial charge on any atom is 0.255 e. The van der Waals surface area contributed by atoms with Gasteiger partial charge in [-0.25, -0.2) is 13.5 Å². The summed E-state index contributed by atoms with van der Waals surface area (Å²) in [5.74, 6) is -0.159. The predicted molar refractivity (Wildman–Crippen MR) is 141 cm³/mol. The SMILES string of the molecule is CC1=C(C(=O)Nc2cccc(C)c2C)C(c2ccc(F)cc2)n2nc(SCc3ccccc3F)nc2N1. The zero-order valence-corrected chi connectivity index (χ0v) is 21.4. The Morgan fingerprint density at radius 3 is 2.54 bits per heavy atom. The number of aryl methyl sites for hydroxylation is 1. The van der Waals surface area contributed by atoms with E-state index in [-0.39, 0.29) is 17.5 Å². The van der Waals surface area contributed by atoms with E-state index < -0.39 is 6.04 Å². The molecule has 9 heteroatoms. The van der Waals surface area contributed by atoms with Crippen molar-refractivity contribution in [2.75, 3.05) is 10.6 Å². The van der Waals surface area contributed by atoms with E-state index in [1.807, 2.05) is 32.0 Å². The van der Waals surface area contributed by atoms with Crippen LogP contribution in [0.4, 0.5) is 20.4 Å².